The Morgan fingerprint density at radius 1 is 1.18 bits per heavy atom. The fourth-order valence-electron chi connectivity index (χ4n) is 3.52. The van der Waals surface area contributed by atoms with Gasteiger partial charge in [-0.1, -0.05) is 35.3 Å². The maximum atomic E-state index is 12.9. The maximum Gasteiger partial charge on any atom is 0.259 e. The first-order chi connectivity index (χ1) is 15.8. The molecule has 2 N–H and O–H groups in total. The lowest BCUT2D eigenvalue weighted by Gasteiger charge is -2.15. The molecule has 1 heterocycles. The van der Waals surface area contributed by atoms with Crippen LogP contribution in [-0.4, -0.2) is 35.3 Å². The van der Waals surface area contributed by atoms with Crippen molar-refractivity contribution >= 4 is 40.8 Å². The maximum absolute atomic E-state index is 12.9. The zero-order chi connectivity index (χ0) is 24.0. The lowest BCUT2D eigenvalue weighted by Crippen LogP contribution is -2.36. The molecule has 0 fully saturated rings. The fraction of sp³-hybridized carbons (Fsp3) is 0.292. The molecule has 0 saturated heterocycles. The first-order valence-corrected chi connectivity index (χ1v) is 11.3. The first-order valence-electron chi connectivity index (χ1n) is 10.6. The number of amides is 1. The lowest BCUT2D eigenvalue weighted by atomic mass is 10.1. The van der Waals surface area contributed by atoms with Gasteiger partial charge in [-0.2, -0.15) is 5.10 Å². The Hall–Kier alpha value is -3.03. The summed E-state index contributed by atoms with van der Waals surface area (Å²) in [4.78, 5) is 17.5. The van der Waals surface area contributed by atoms with E-state index in [0.29, 0.717) is 40.0 Å². The van der Waals surface area contributed by atoms with Crippen LogP contribution in [0.3, 0.4) is 0 Å². The van der Waals surface area contributed by atoms with E-state index in [1.165, 1.54) is 0 Å². The van der Waals surface area contributed by atoms with E-state index >= 15 is 0 Å². The van der Waals surface area contributed by atoms with E-state index in [2.05, 4.69) is 34.6 Å². The van der Waals surface area contributed by atoms with Crippen LogP contribution in [0.1, 0.15) is 34.2 Å². The van der Waals surface area contributed by atoms with Gasteiger partial charge in [-0.05, 0) is 63.1 Å². The third-order valence-corrected chi connectivity index (χ3v) is 5.79. The Balaban J connectivity index is 1.86. The molecule has 3 aromatic rings. The summed E-state index contributed by atoms with van der Waals surface area (Å²) in [5.74, 6) is 0.452. The number of methoxy groups -OCH3 is 1. The number of aromatic nitrogens is 2. The van der Waals surface area contributed by atoms with Crippen molar-refractivity contribution in [3.8, 4) is 5.75 Å². The standard InChI is InChI=1S/C24H27Cl2N5O2/c1-5-31-16(3)18(15(2)30-31)12-13-27-24(28-21-14-17(25)10-11-22(21)33-4)29-23(32)19-8-6-7-9-20(19)26/h6-11,14H,5,12-13H2,1-4H3,(H2,27,28,29,32). The average molecular weight is 488 g/mol. The summed E-state index contributed by atoms with van der Waals surface area (Å²) in [5.41, 5.74) is 4.18. The van der Waals surface area contributed by atoms with Crippen LogP contribution >= 0.6 is 23.2 Å². The molecule has 0 aliphatic heterocycles. The van der Waals surface area contributed by atoms with Crippen molar-refractivity contribution in [2.75, 3.05) is 19.0 Å². The quantitative estimate of drug-likeness (QED) is 0.351. The highest BCUT2D eigenvalue weighted by Gasteiger charge is 2.15. The monoisotopic (exact) mass is 487 g/mol. The van der Waals surface area contributed by atoms with Gasteiger partial charge in [-0.25, -0.2) is 0 Å². The van der Waals surface area contributed by atoms with Crippen LogP contribution in [0.25, 0.3) is 0 Å². The van der Waals surface area contributed by atoms with Crippen molar-refractivity contribution in [2.45, 2.75) is 33.7 Å². The molecule has 0 spiro atoms. The average Bonchev–Trinajstić information content (AvgIpc) is 3.07. The van der Waals surface area contributed by atoms with E-state index in [4.69, 9.17) is 27.9 Å². The van der Waals surface area contributed by atoms with Crippen molar-refractivity contribution in [2.24, 2.45) is 4.99 Å². The normalized spacial score (nSPS) is 11.4. The molecule has 3 rings (SSSR count). The van der Waals surface area contributed by atoms with Gasteiger partial charge in [0.2, 0.25) is 5.96 Å². The van der Waals surface area contributed by atoms with Crippen molar-refractivity contribution in [1.29, 1.82) is 0 Å². The minimum atomic E-state index is -0.376. The molecule has 2 aromatic carbocycles. The topological polar surface area (TPSA) is 80.5 Å². The van der Waals surface area contributed by atoms with Crippen LogP contribution in [0.4, 0.5) is 5.69 Å². The van der Waals surface area contributed by atoms with E-state index in [-0.39, 0.29) is 11.9 Å². The molecular formula is C24H27Cl2N5O2. The molecule has 0 bridgehead atoms. The van der Waals surface area contributed by atoms with Gasteiger partial charge in [0.15, 0.2) is 0 Å². The molecule has 0 aliphatic rings. The molecule has 1 amide bonds. The number of nitrogens with one attached hydrogen (secondary N) is 2. The summed E-state index contributed by atoms with van der Waals surface area (Å²) in [6, 6.07) is 12.0. The Kier molecular flexibility index (Phi) is 8.36. The number of ether oxygens (including phenoxy) is 1. The first kappa shape index (κ1) is 24.6. The number of rotatable bonds is 7. The van der Waals surface area contributed by atoms with Gasteiger partial charge in [0.05, 0.1) is 29.1 Å². The van der Waals surface area contributed by atoms with Crippen molar-refractivity contribution < 1.29 is 9.53 Å². The van der Waals surface area contributed by atoms with E-state index in [1.54, 1.807) is 49.6 Å². The number of aliphatic imine (C=N–C) groups is 1. The summed E-state index contributed by atoms with van der Waals surface area (Å²) >= 11 is 12.4. The zero-order valence-corrected chi connectivity index (χ0v) is 20.6. The van der Waals surface area contributed by atoms with Crippen molar-refractivity contribution in [3.05, 3.63) is 75.0 Å². The molecule has 9 heteroatoms. The van der Waals surface area contributed by atoms with Crippen LogP contribution in [0, 0.1) is 13.8 Å². The molecule has 174 valence electrons. The third-order valence-electron chi connectivity index (χ3n) is 5.23. The minimum Gasteiger partial charge on any atom is -0.495 e. The van der Waals surface area contributed by atoms with Crippen LogP contribution in [0.15, 0.2) is 47.5 Å². The number of aryl methyl sites for hydroxylation is 2. The SMILES string of the molecule is CCn1nc(C)c(CCN=C(NC(=O)c2ccccc2Cl)Nc2cc(Cl)ccc2OC)c1C. The second kappa shape index (κ2) is 11.2. The number of carbonyl (C=O) groups excluding carboxylic acids is 1. The minimum absolute atomic E-state index is 0.263. The number of benzene rings is 2. The molecule has 7 nitrogen and oxygen atoms in total. The second-order valence-corrected chi connectivity index (χ2v) is 8.19. The number of nitrogens with zero attached hydrogens (tertiary/aromatic N) is 3. The predicted octanol–water partition coefficient (Wildman–Crippen LogP) is 5.28. The van der Waals surface area contributed by atoms with Gasteiger partial charge in [0.1, 0.15) is 5.75 Å². The van der Waals surface area contributed by atoms with Gasteiger partial charge < -0.3 is 10.1 Å². The molecule has 0 radical (unpaired) electrons. The van der Waals surface area contributed by atoms with Crippen LogP contribution in [-0.2, 0) is 13.0 Å². The molecule has 33 heavy (non-hydrogen) atoms. The van der Waals surface area contributed by atoms with Crippen LogP contribution in [0.2, 0.25) is 10.0 Å². The fourth-order valence-corrected chi connectivity index (χ4v) is 3.91. The molecule has 0 atom stereocenters. The number of hydrogen-bond acceptors (Lipinski definition) is 4. The summed E-state index contributed by atoms with van der Waals surface area (Å²) in [5, 5.41) is 11.4. The second-order valence-electron chi connectivity index (χ2n) is 7.35. The van der Waals surface area contributed by atoms with Crippen molar-refractivity contribution in [1.82, 2.24) is 15.1 Å². The third kappa shape index (κ3) is 6.06. The highest BCUT2D eigenvalue weighted by atomic mass is 35.5. The zero-order valence-electron chi connectivity index (χ0n) is 19.1. The molecule has 0 saturated carbocycles. The van der Waals surface area contributed by atoms with Crippen LogP contribution in [0.5, 0.6) is 5.75 Å². The van der Waals surface area contributed by atoms with Gasteiger partial charge in [-0.15, -0.1) is 0 Å². The Morgan fingerprint density at radius 3 is 2.61 bits per heavy atom. The molecule has 0 aliphatic carbocycles. The lowest BCUT2D eigenvalue weighted by molar-refractivity contribution is 0.0977. The molecular weight excluding hydrogens is 461 g/mol. The summed E-state index contributed by atoms with van der Waals surface area (Å²) in [7, 11) is 1.56. The number of carbonyl (C=O) groups is 1. The van der Waals surface area contributed by atoms with Crippen LogP contribution < -0.4 is 15.4 Å². The van der Waals surface area contributed by atoms with E-state index in [9.17, 15) is 4.79 Å². The number of guanidine groups is 1. The van der Waals surface area contributed by atoms with E-state index in [1.807, 2.05) is 11.6 Å². The van der Waals surface area contributed by atoms with E-state index < -0.39 is 0 Å². The van der Waals surface area contributed by atoms with Gasteiger partial charge in [0.25, 0.3) is 5.91 Å². The number of halogens is 2. The number of hydrogen-bond donors (Lipinski definition) is 2. The summed E-state index contributed by atoms with van der Waals surface area (Å²) in [6.07, 6.45) is 0.678. The van der Waals surface area contributed by atoms with Gasteiger partial charge >= 0.3 is 0 Å². The Bertz CT molecular complexity index is 1170. The summed E-state index contributed by atoms with van der Waals surface area (Å²) in [6.45, 7) is 7.35. The number of anilines is 1. The van der Waals surface area contributed by atoms with Gasteiger partial charge in [-0.3, -0.25) is 19.8 Å². The smallest absolute Gasteiger partial charge is 0.259 e. The van der Waals surface area contributed by atoms with Crippen molar-refractivity contribution in [3.63, 3.8) is 0 Å². The predicted molar refractivity (Wildman–Crippen MR) is 134 cm³/mol. The largest absolute Gasteiger partial charge is 0.495 e. The Morgan fingerprint density at radius 2 is 1.94 bits per heavy atom. The molecule has 0 unspecified atom stereocenters. The van der Waals surface area contributed by atoms with E-state index in [0.717, 1.165) is 23.5 Å². The highest BCUT2D eigenvalue weighted by Crippen LogP contribution is 2.27. The Labute approximate surface area is 203 Å². The van der Waals surface area contributed by atoms with Gasteiger partial charge in [0, 0.05) is 23.8 Å². The highest BCUT2D eigenvalue weighted by molar-refractivity contribution is 6.34. The molecule has 1 aromatic heterocycles. The summed E-state index contributed by atoms with van der Waals surface area (Å²) < 4.78 is 7.39.